The van der Waals surface area contributed by atoms with Gasteiger partial charge in [0.15, 0.2) is 0 Å². The Labute approximate surface area is 64.7 Å². The van der Waals surface area contributed by atoms with Crippen molar-refractivity contribution in [2.24, 2.45) is 5.73 Å². The van der Waals surface area contributed by atoms with E-state index in [9.17, 15) is 9.59 Å². The van der Waals surface area contributed by atoms with Crippen molar-refractivity contribution in [1.82, 2.24) is 4.90 Å². The lowest BCUT2D eigenvalue weighted by Crippen LogP contribution is -2.45. The zero-order valence-corrected chi connectivity index (χ0v) is 5.99. The molecule has 1 atom stereocenters. The molecule has 0 spiro atoms. The summed E-state index contributed by atoms with van der Waals surface area (Å²) in [6.07, 6.45) is 2.15. The molecule has 0 aromatic rings. The molecule has 2 N–H and O–H groups in total. The van der Waals surface area contributed by atoms with Gasteiger partial charge >= 0.3 is 0 Å². The van der Waals surface area contributed by atoms with Crippen LogP contribution in [0.15, 0.2) is 12.2 Å². The van der Waals surface area contributed by atoms with Crippen molar-refractivity contribution in [3.8, 4) is 0 Å². The van der Waals surface area contributed by atoms with Gasteiger partial charge in [0, 0.05) is 12.2 Å². The predicted octanol–water partition coefficient (Wildman–Crippen LogP) is -0.580. The van der Waals surface area contributed by atoms with Crippen LogP contribution in [0.3, 0.4) is 0 Å². The van der Waals surface area contributed by atoms with Gasteiger partial charge in [-0.25, -0.2) is 0 Å². The summed E-state index contributed by atoms with van der Waals surface area (Å²) in [5.74, 6) is -0.711. The highest BCUT2D eigenvalue weighted by atomic mass is 16.2. The van der Waals surface area contributed by atoms with Crippen molar-refractivity contribution in [1.29, 1.82) is 0 Å². The Morgan fingerprint density at radius 2 is 1.91 bits per heavy atom. The molecule has 1 heterocycles. The number of imide groups is 1. The van der Waals surface area contributed by atoms with Crippen LogP contribution < -0.4 is 5.73 Å². The first-order valence-corrected chi connectivity index (χ1v) is 3.27. The average molecular weight is 153 g/mol. The van der Waals surface area contributed by atoms with Crippen LogP contribution in [0.5, 0.6) is 0 Å². The van der Waals surface area contributed by atoms with E-state index in [1.165, 1.54) is 12.2 Å². The number of nitrogens with zero attached hydrogens (tertiary/aromatic N) is 1. The van der Waals surface area contributed by atoms with E-state index >= 15 is 0 Å². The zero-order valence-electron chi connectivity index (χ0n) is 5.99. The van der Waals surface area contributed by atoms with Crippen LogP contribution in [-0.4, -0.2) is 22.9 Å². The van der Waals surface area contributed by atoms with E-state index in [-0.39, 0.29) is 11.8 Å². The number of hydrogen-bond acceptors (Lipinski definition) is 3. The average Bonchev–Trinajstić information content (AvgIpc) is 2.30. The van der Waals surface area contributed by atoms with Gasteiger partial charge in [0.25, 0.3) is 11.8 Å². The molecule has 1 aliphatic heterocycles. The topological polar surface area (TPSA) is 63.4 Å². The van der Waals surface area contributed by atoms with Gasteiger partial charge in [-0.3, -0.25) is 14.5 Å². The van der Waals surface area contributed by atoms with Crippen molar-refractivity contribution in [2.45, 2.75) is 12.6 Å². The molecular weight excluding hydrogens is 144 g/mol. The van der Waals surface area contributed by atoms with Crippen molar-refractivity contribution in [2.75, 3.05) is 0 Å². The molecule has 1 aliphatic rings. The molecule has 0 bridgehead atoms. The number of carbonyl (C=O) groups excluding carboxylic acids is 2. The molecule has 4 nitrogen and oxygen atoms in total. The molecule has 0 aromatic heterocycles. The smallest absolute Gasteiger partial charge is 0.254 e. The molecule has 1 unspecified atom stereocenters. The van der Waals surface area contributed by atoms with E-state index < -0.39 is 6.17 Å². The number of amides is 2. The molecule has 0 saturated carbocycles. The minimum Gasteiger partial charge on any atom is -0.311 e. The van der Waals surface area contributed by atoms with Crippen molar-refractivity contribution in [3.05, 3.63) is 19.1 Å². The van der Waals surface area contributed by atoms with Gasteiger partial charge in [-0.15, -0.1) is 0 Å². The maximum absolute atomic E-state index is 10.9. The quantitative estimate of drug-likeness (QED) is 0.540. The summed E-state index contributed by atoms with van der Waals surface area (Å²) in [5, 5.41) is 0. The summed E-state index contributed by atoms with van der Waals surface area (Å²) in [4.78, 5) is 22.8. The number of carbonyl (C=O) groups is 2. The molecule has 0 aromatic carbocycles. The number of rotatable bonds is 2. The first kappa shape index (κ1) is 7.94. The Morgan fingerprint density at radius 1 is 1.45 bits per heavy atom. The van der Waals surface area contributed by atoms with E-state index in [0.29, 0.717) is 6.42 Å². The van der Waals surface area contributed by atoms with E-state index in [4.69, 9.17) is 5.73 Å². The summed E-state index contributed by atoms with van der Waals surface area (Å²) in [6.45, 7) is 3.50. The molecular formula is C7H9N2O2. The van der Waals surface area contributed by atoms with Crippen LogP contribution in [-0.2, 0) is 9.59 Å². The Morgan fingerprint density at radius 3 is 2.27 bits per heavy atom. The van der Waals surface area contributed by atoms with Gasteiger partial charge in [0.05, 0.1) is 6.17 Å². The van der Waals surface area contributed by atoms with E-state index in [2.05, 4.69) is 6.92 Å². The molecule has 0 fully saturated rings. The minimum atomic E-state index is -0.593. The molecule has 59 valence electrons. The van der Waals surface area contributed by atoms with Gasteiger partial charge in [0.2, 0.25) is 0 Å². The van der Waals surface area contributed by atoms with Gasteiger partial charge in [-0.05, 0) is 13.3 Å². The minimum absolute atomic E-state index is 0.332. The summed E-state index contributed by atoms with van der Waals surface area (Å²) >= 11 is 0. The first-order valence-electron chi connectivity index (χ1n) is 3.27. The lowest BCUT2D eigenvalue weighted by Gasteiger charge is -2.20. The Balaban J connectivity index is 2.73. The van der Waals surface area contributed by atoms with Crippen molar-refractivity contribution >= 4 is 11.8 Å². The van der Waals surface area contributed by atoms with Crippen LogP contribution in [0.25, 0.3) is 0 Å². The highest BCUT2D eigenvalue weighted by Gasteiger charge is 2.27. The van der Waals surface area contributed by atoms with Crippen LogP contribution in [0, 0.1) is 6.92 Å². The summed E-state index contributed by atoms with van der Waals surface area (Å²) in [5.41, 5.74) is 5.44. The molecule has 1 radical (unpaired) electrons. The second-order valence-corrected chi connectivity index (χ2v) is 2.24. The molecule has 1 rings (SSSR count). The fourth-order valence-electron chi connectivity index (χ4n) is 0.868. The second-order valence-electron chi connectivity index (χ2n) is 2.24. The monoisotopic (exact) mass is 153 g/mol. The third-order valence-corrected chi connectivity index (χ3v) is 1.47. The number of hydrogen-bond donors (Lipinski definition) is 1. The van der Waals surface area contributed by atoms with Gasteiger partial charge in [-0.2, -0.15) is 0 Å². The van der Waals surface area contributed by atoms with Gasteiger partial charge in [0.1, 0.15) is 0 Å². The fraction of sp³-hybridized carbons (Fsp3) is 0.286. The molecule has 2 amide bonds. The van der Waals surface area contributed by atoms with Crippen molar-refractivity contribution < 1.29 is 9.59 Å². The lowest BCUT2D eigenvalue weighted by atomic mass is 10.3. The first-order chi connectivity index (χ1) is 5.16. The van der Waals surface area contributed by atoms with E-state index in [1.807, 2.05) is 0 Å². The molecule has 0 aliphatic carbocycles. The summed E-state index contributed by atoms with van der Waals surface area (Å²) in [7, 11) is 0. The normalized spacial score (nSPS) is 19.6. The third-order valence-electron chi connectivity index (χ3n) is 1.47. The molecule has 0 saturated heterocycles. The predicted molar refractivity (Wildman–Crippen MR) is 38.9 cm³/mol. The Bertz CT molecular complexity index is 204. The lowest BCUT2D eigenvalue weighted by molar-refractivity contribution is -0.139. The molecule has 4 heteroatoms. The Kier molecular flexibility index (Phi) is 2.05. The van der Waals surface area contributed by atoms with Gasteiger partial charge < -0.3 is 5.73 Å². The highest BCUT2D eigenvalue weighted by molar-refractivity contribution is 6.13. The third kappa shape index (κ3) is 1.30. The zero-order chi connectivity index (χ0) is 8.43. The SMILES string of the molecule is [CH2]CC(N)N1C(=O)C=CC1=O. The van der Waals surface area contributed by atoms with E-state index in [0.717, 1.165) is 4.90 Å². The van der Waals surface area contributed by atoms with Crippen molar-refractivity contribution in [3.63, 3.8) is 0 Å². The van der Waals surface area contributed by atoms with Crippen LogP contribution in [0.1, 0.15) is 6.42 Å². The number of nitrogens with two attached hydrogens (primary N) is 1. The maximum Gasteiger partial charge on any atom is 0.254 e. The van der Waals surface area contributed by atoms with Crippen LogP contribution in [0.4, 0.5) is 0 Å². The summed E-state index contributed by atoms with van der Waals surface area (Å²) < 4.78 is 0. The highest BCUT2D eigenvalue weighted by Crippen LogP contribution is 2.07. The second kappa shape index (κ2) is 2.84. The van der Waals surface area contributed by atoms with E-state index in [1.54, 1.807) is 0 Å². The standard InChI is InChI=1S/C7H9N2O2/c1-2-5(8)9-6(10)3-4-7(9)11/h3-5H,1-2,8H2. The van der Waals surface area contributed by atoms with Crippen LogP contribution >= 0.6 is 0 Å². The maximum atomic E-state index is 10.9. The Hall–Kier alpha value is -1.16. The van der Waals surface area contributed by atoms with Gasteiger partial charge in [-0.1, -0.05) is 0 Å². The van der Waals surface area contributed by atoms with Crippen LogP contribution in [0.2, 0.25) is 0 Å². The fourth-order valence-corrected chi connectivity index (χ4v) is 0.868. The summed E-state index contributed by atoms with van der Waals surface area (Å²) in [6, 6.07) is 0. The largest absolute Gasteiger partial charge is 0.311 e. The molecule has 11 heavy (non-hydrogen) atoms.